The van der Waals surface area contributed by atoms with Crippen molar-refractivity contribution in [1.29, 1.82) is 0 Å². The van der Waals surface area contributed by atoms with Crippen LogP contribution >= 0.6 is 0 Å². The van der Waals surface area contributed by atoms with Gasteiger partial charge >= 0.3 is 0 Å². The second-order valence-electron chi connectivity index (χ2n) is 3.36. The molecule has 3 heteroatoms. The zero-order chi connectivity index (χ0) is 10.0. The Morgan fingerprint density at radius 1 is 1.15 bits per heavy atom. The van der Waals surface area contributed by atoms with Crippen molar-refractivity contribution in [3.63, 3.8) is 0 Å². The summed E-state index contributed by atoms with van der Waals surface area (Å²) < 4.78 is 26.0. The number of halogens is 2. The fourth-order valence-electron chi connectivity index (χ4n) is 1.06. The zero-order valence-corrected chi connectivity index (χ0v) is 7.99. The van der Waals surface area contributed by atoms with Gasteiger partial charge in [-0.1, -0.05) is 0 Å². The quantitative estimate of drug-likeness (QED) is 0.746. The molecule has 0 fully saturated rings. The second-order valence-corrected chi connectivity index (χ2v) is 3.36. The Morgan fingerprint density at radius 3 is 2.00 bits per heavy atom. The minimum atomic E-state index is -0.511. The molecule has 13 heavy (non-hydrogen) atoms. The molecule has 72 valence electrons. The molecule has 1 aromatic rings. The monoisotopic (exact) mass is 185 g/mol. The van der Waals surface area contributed by atoms with Crippen LogP contribution < -0.4 is 5.32 Å². The minimum Gasteiger partial charge on any atom is -0.383 e. The van der Waals surface area contributed by atoms with Crippen molar-refractivity contribution >= 4 is 5.69 Å². The van der Waals surface area contributed by atoms with E-state index in [0.29, 0.717) is 5.69 Å². The van der Waals surface area contributed by atoms with Crippen LogP contribution in [0, 0.1) is 18.6 Å². The Bertz CT molecular complexity index is 285. The number of nitrogens with one attached hydrogen (secondary N) is 1. The molecular weight excluding hydrogens is 172 g/mol. The molecule has 0 aromatic heterocycles. The van der Waals surface area contributed by atoms with Crippen LogP contribution in [0.3, 0.4) is 0 Å². The van der Waals surface area contributed by atoms with Crippen LogP contribution in [0.25, 0.3) is 0 Å². The van der Waals surface area contributed by atoms with Crippen LogP contribution in [-0.2, 0) is 0 Å². The molecule has 0 aliphatic carbocycles. The lowest BCUT2D eigenvalue weighted by molar-refractivity contribution is 0.568. The van der Waals surface area contributed by atoms with Crippen molar-refractivity contribution in [3.8, 4) is 0 Å². The van der Waals surface area contributed by atoms with E-state index in [1.54, 1.807) is 0 Å². The Morgan fingerprint density at radius 2 is 1.62 bits per heavy atom. The van der Waals surface area contributed by atoms with Crippen LogP contribution in [0.5, 0.6) is 0 Å². The van der Waals surface area contributed by atoms with Gasteiger partial charge in [0, 0.05) is 17.3 Å². The molecule has 0 bridgehead atoms. The summed E-state index contributed by atoms with van der Waals surface area (Å²) in [6.45, 7) is 5.25. The first-order valence-electron chi connectivity index (χ1n) is 4.23. The fourth-order valence-corrected chi connectivity index (χ4v) is 1.06. The van der Waals surface area contributed by atoms with Gasteiger partial charge in [-0.25, -0.2) is 8.78 Å². The van der Waals surface area contributed by atoms with Gasteiger partial charge in [0.1, 0.15) is 11.6 Å². The van der Waals surface area contributed by atoms with Crippen LogP contribution in [-0.4, -0.2) is 6.04 Å². The molecule has 0 unspecified atom stereocenters. The Labute approximate surface area is 76.8 Å². The highest BCUT2D eigenvalue weighted by Crippen LogP contribution is 2.18. The molecule has 1 rings (SSSR count). The van der Waals surface area contributed by atoms with Gasteiger partial charge < -0.3 is 5.32 Å². The van der Waals surface area contributed by atoms with Crippen molar-refractivity contribution in [3.05, 3.63) is 29.3 Å². The number of benzene rings is 1. The third-order valence-corrected chi connectivity index (χ3v) is 1.74. The molecule has 0 saturated heterocycles. The third kappa shape index (κ3) is 2.41. The number of rotatable bonds is 2. The van der Waals surface area contributed by atoms with E-state index in [1.165, 1.54) is 19.1 Å². The highest BCUT2D eigenvalue weighted by atomic mass is 19.1. The number of hydrogen-bond donors (Lipinski definition) is 1. The maximum absolute atomic E-state index is 13.0. The van der Waals surface area contributed by atoms with Gasteiger partial charge in [-0.3, -0.25) is 0 Å². The van der Waals surface area contributed by atoms with E-state index in [9.17, 15) is 8.78 Å². The standard InChI is InChI=1S/C10H13F2N/c1-6(2)13-8-4-9(11)7(3)10(12)5-8/h4-6,13H,1-3H3. The van der Waals surface area contributed by atoms with Gasteiger partial charge in [-0.15, -0.1) is 0 Å². The van der Waals surface area contributed by atoms with E-state index in [1.807, 2.05) is 13.8 Å². The molecule has 1 N–H and O–H groups in total. The summed E-state index contributed by atoms with van der Waals surface area (Å²) in [6.07, 6.45) is 0. The second kappa shape index (κ2) is 3.73. The van der Waals surface area contributed by atoms with Crippen LogP contribution in [0.1, 0.15) is 19.4 Å². The first-order chi connectivity index (χ1) is 6.00. The van der Waals surface area contributed by atoms with Crippen LogP contribution in [0.15, 0.2) is 12.1 Å². The van der Waals surface area contributed by atoms with Crippen molar-refractivity contribution in [2.24, 2.45) is 0 Å². The summed E-state index contributed by atoms with van der Waals surface area (Å²) in [5.74, 6) is -1.02. The van der Waals surface area contributed by atoms with Crippen LogP contribution in [0.4, 0.5) is 14.5 Å². The molecule has 1 aromatic carbocycles. The van der Waals surface area contributed by atoms with Crippen molar-refractivity contribution < 1.29 is 8.78 Å². The maximum Gasteiger partial charge on any atom is 0.131 e. The fraction of sp³-hybridized carbons (Fsp3) is 0.400. The van der Waals surface area contributed by atoms with Crippen LogP contribution in [0.2, 0.25) is 0 Å². The number of anilines is 1. The van der Waals surface area contributed by atoms with Gasteiger partial charge in [-0.05, 0) is 32.9 Å². The van der Waals surface area contributed by atoms with Gasteiger partial charge in [-0.2, -0.15) is 0 Å². The average molecular weight is 185 g/mol. The predicted molar refractivity (Wildman–Crippen MR) is 49.9 cm³/mol. The minimum absolute atomic E-state index is 0.0642. The molecular formula is C10H13F2N. The van der Waals surface area contributed by atoms with Crippen molar-refractivity contribution in [1.82, 2.24) is 0 Å². The molecule has 0 heterocycles. The van der Waals surface area contributed by atoms with Gasteiger partial charge in [0.15, 0.2) is 0 Å². The Balaban J connectivity index is 2.99. The molecule has 0 aliphatic heterocycles. The smallest absolute Gasteiger partial charge is 0.131 e. The highest BCUT2D eigenvalue weighted by molar-refractivity contribution is 5.46. The van der Waals surface area contributed by atoms with E-state index in [4.69, 9.17) is 0 Å². The third-order valence-electron chi connectivity index (χ3n) is 1.74. The summed E-state index contributed by atoms with van der Waals surface area (Å²) in [6, 6.07) is 2.78. The summed E-state index contributed by atoms with van der Waals surface area (Å²) in [4.78, 5) is 0. The SMILES string of the molecule is Cc1c(F)cc(NC(C)C)cc1F. The van der Waals surface area contributed by atoms with Gasteiger partial charge in [0.25, 0.3) is 0 Å². The molecule has 0 radical (unpaired) electrons. The van der Waals surface area contributed by atoms with E-state index in [2.05, 4.69) is 5.32 Å². The lowest BCUT2D eigenvalue weighted by Crippen LogP contribution is -2.10. The maximum atomic E-state index is 13.0. The molecule has 0 aliphatic rings. The number of hydrogen-bond acceptors (Lipinski definition) is 1. The summed E-state index contributed by atoms with van der Waals surface area (Å²) in [7, 11) is 0. The first-order valence-corrected chi connectivity index (χ1v) is 4.23. The molecule has 0 amide bonds. The first kappa shape index (κ1) is 9.96. The van der Waals surface area contributed by atoms with E-state index in [-0.39, 0.29) is 11.6 Å². The van der Waals surface area contributed by atoms with Crippen molar-refractivity contribution in [2.75, 3.05) is 5.32 Å². The summed E-state index contributed by atoms with van der Waals surface area (Å²) in [5, 5.41) is 2.93. The summed E-state index contributed by atoms with van der Waals surface area (Å²) >= 11 is 0. The lowest BCUT2D eigenvalue weighted by Gasteiger charge is -2.10. The van der Waals surface area contributed by atoms with E-state index in [0.717, 1.165) is 0 Å². The zero-order valence-electron chi connectivity index (χ0n) is 7.99. The highest BCUT2D eigenvalue weighted by Gasteiger charge is 2.06. The predicted octanol–water partition coefficient (Wildman–Crippen LogP) is 3.09. The molecule has 1 nitrogen and oxygen atoms in total. The Kier molecular flexibility index (Phi) is 2.86. The lowest BCUT2D eigenvalue weighted by atomic mass is 10.2. The topological polar surface area (TPSA) is 12.0 Å². The molecule has 0 atom stereocenters. The van der Waals surface area contributed by atoms with E-state index >= 15 is 0 Å². The largest absolute Gasteiger partial charge is 0.383 e. The summed E-state index contributed by atoms with van der Waals surface area (Å²) in [5.41, 5.74) is 0.546. The average Bonchev–Trinajstić information content (AvgIpc) is 1.98. The Hall–Kier alpha value is -1.12. The van der Waals surface area contributed by atoms with Crippen molar-refractivity contribution in [2.45, 2.75) is 26.8 Å². The molecule has 0 spiro atoms. The normalized spacial score (nSPS) is 10.6. The van der Waals surface area contributed by atoms with E-state index < -0.39 is 11.6 Å². The van der Waals surface area contributed by atoms with Gasteiger partial charge in [0.2, 0.25) is 0 Å². The van der Waals surface area contributed by atoms with Gasteiger partial charge in [0.05, 0.1) is 0 Å². The molecule has 0 saturated carbocycles.